The van der Waals surface area contributed by atoms with E-state index in [0.717, 1.165) is 6.07 Å². The van der Waals surface area contributed by atoms with Crippen molar-refractivity contribution in [2.45, 2.75) is 0 Å². The molecular formula is C12H4Cl5NO2. The third-order valence-electron chi connectivity index (χ3n) is 2.54. The minimum absolute atomic E-state index is 0.0818. The van der Waals surface area contributed by atoms with Crippen molar-refractivity contribution in [1.82, 2.24) is 0 Å². The summed E-state index contributed by atoms with van der Waals surface area (Å²) in [5.41, 5.74) is 0.346. The van der Waals surface area contributed by atoms with E-state index in [0.29, 0.717) is 5.56 Å². The average molecular weight is 371 g/mol. The van der Waals surface area contributed by atoms with E-state index in [1.807, 2.05) is 0 Å². The molecule has 0 amide bonds. The molecule has 3 nitrogen and oxygen atoms in total. The quantitative estimate of drug-likeness (QED) is 0.342. The number of hydrogen-bond donors (Lipinski definition) is 0. The zero-order valence-electron chi connectivity index (χ0n) is 9.46. The molecule has 0 saturated carbocycles. The summed E-state index contributed by atoms with van der Waals surface area (Å²) in [5, 5.41) is 12.1. The zero-order valence-corrected chi connectivity index (χ0v) is 13.2. The second kappa shape index (κ2) is 5.96. The lowest BCUT2D eigenvalue weighted by atomic mass is 10.0. The minimum atomic E-state index is -0.573. The van der Waals surface area contributed by atoms with Gasteiger partial charge in [0, 0.05) is 11.6 Å². The maximum atomic E-state index is 11.1. The van der Waals surface area contributed by atoms with Crippen molar-refractivity contribution in [2.24, 2.45) is 0 Å². The van der Waals surface area contributed by atoms with E-state index < -0.39 is 4.92 Å². The topological polar surface area (TPSA) is 43.1 Å². The number of benzene rings is 2. The van der Waals surface area contributed by atoms with Crippen molar-refractivity contribution >= 4 is 63.7 Å². The highest BCUT2D eigenvalue weighted by Gasteiger charge is 2.21. The van der Waals surface area contributed by atoms with Gasteiger partial charge in [0.2, 0.25) is 0 Å². The van der Waals surface area contributed by atoms with E-state index >= 15 is 0 Å². The molecule has 0 radical (unpaired) electrons. The van der Waals surface area contributed by atoms with Gasteiger partial charge in [-0.3, -0.25) is 10.1 Å². The van der Waals surface area contributed by atoms with Crippen LogP contribution in [0.1, 0.15) is 0 Å². The summed E-state index contributed by atoms with van der Waals surface area (Å²) in [4.78, 5) is 10.6. The fourth-order valence-electron chi connectivity index (χ4n) is 1.63. The molecule has 0 N–H and O–H groups in total. The molecule has 0 aliphatic heterocycles. The van der Waals surface area contributed by atoms with Gasteiger partial charge in [0.1, 0.15) is 0 Å². The predicted octanol–water partition coefficient (Wildman–Crippen LogP) is 6.53. The lowest BCUT2D eigenvalue weighted by molar-refractivity contribution is -0.384. The smallest absolute Gasteiger partial charge is 0.258 e. The number of hydrogen-bond acceptors (Lipinski definition) is 2. The van der Waals surface area contributed by atoms with Crippen LogP contribution in [-0.4, -0.2) is 4.92 Å². The summed E-state index contributed by atoms with van der Waals surface area (Å²) in [6.07, 6.45) is 0. The van der Waals surface area contributed by atoms with E-state index in [1.165, 1.54) is 18.2 Å². The van der Waals surface area contributed by atoms with Crippen LogP contribution >= 0.6 is 58.0 Å². The maximum Gasteiger partial charge on any atom is 0.278 e. The van der Waals surface area contributed by atoms with Crippen LogP contribution in [0.4, 0.5) is 5.69 Å². The van der Waals surface area contributed by atoms with E-state index in [2.05, 4.69) is 0 Å². The first-order chi connectivity index (χ1) is 9.31. The lowest BCUT2D eigenvalue weighted by Gasteiger charge is -2.09. The van der Waals surface area contributed by atoms with Gasteiger partial charge in [-0.25, -0.2) is 0 Å². The van der Waals surface area contributed by atoms with Gasteiger partial charge in [0.05, 0.1) is 35.6 Å². The zero-order chi connectivity index (χ0) is 15.0. The molecule has 104 valence electrons. The Morgan fingerprint density at radius 1 is 0.700 bits per heavy atom. The summed E-state index contributed by atoms with van der Waals surface area (Å²) in [5.74, 6) is 0. The van der Waals surface area contributed by atoms with Crippen molar-refractivity contribution < 1.29 is 4.92 Å². The Kier molecular flexibility index (Phi) is 4.67. The van der Waals surface area contributed by atoms with E-state index in [1.54, 1.807) is 0 Å². The van der Waals surface area contributed by atoms with E-state index in [9.17, 15) is 10.1 Å². The molecule has 8 heteroatoms. The van der Waals surface area contributed by atoms with Crippen LogP contribution in [0, 0.1) is 10.1 Å². The van der Waals surface area contributed by atoms with Crippen molar-refractivity contribution in [3.63, 3.8) is 0 Å². The molecule has 0 spiro atoms. The number of nitro groups is 1. The Morgan fingerprint density at radius 3 is 1.70 bits per heavy atom. The molecule has 0 atom stereocenters. The second-order valence-electron chi connectivity index (χ2n) is 3.79. The van der Waals surface area contributed by atoms with Gasteiger partial charge in [0.25, 0.3) is 5.69 Å². The number of halogens is 5. The summed E-state index contributed by atoms with van der Waals surface area (Å²) in [6.45, 7) is 0. The van der Waals surface area contributed by atoms with Crippen molar-refractivity contribution in [1.29, 1.82) is 0 Å². The first-order valence-electron chi connectivity index (χ1n) is 5.09. The molecule has 0 heterocycles. The average Bonchev–Trinajstić information content (AvgIpc) is 2.36. The van der Waals surface area contributed by atoms with Crippen LogP contribution in [0.2, 0.25) is 25.1 Å². The summed E-state index contributed by atoms with van der Waals surface area (Å²) >= 11 is 29.5. The van der Waals surface area contributed by atoms with Gasteiger partial charge >= 0.3 is 0 Å². The van der Waals surface area contributed by atoms with Gasteiger partial charge in [-0.15, -0.1) is 0 Å². The highest BCUT2D eigenvalue weighted by Crippen LogP contribution is 2.42. The Labute approximate surface area is 139 Å². The molecule has 0 aliphatic rings. The normalized spacial score (nSPS) is 10.7. The Hall–Kier alpha value is -0.710. The summed E-state index contributed by atoms with van der Waals surface area (Å²) < 4.78 is 0. The van der Waals surface area contributed by atoms with Crippen molar-refractivity contribution in [3.05, 3.63) is 59.5 Å². The lowest BCUT2D eigenvalue weighted by Crippen LogP contribution is -1.93. The van der Waals surface area contributed by atoms with Gasteiger partial charge in [-0.2, -0.15) is 0 Å². The highest BCUT2D eigenvalue weighted by atomic mass is 35.5. The van der Waals surface area contributed by atoms with Crippen LogP contribution in [0.5, 0.6) is 0 Å². The maximum absolute atomic E-state index is 11.1. The van der Waals surface area contributed by atoms with Gasteiger partial charge in [0.15, 0.2) is 0 Å². The van der Waals surface area contributed by atoms with Gasteiger partial charge in [-0.1, -0.05) is 58.0 Å². The summed E-state index contributed by atoms with van der Waals surface area (Å²) in [6, 6.07) is 5.39. The molecule has 2 rings (SSSR count). The van der Waals surface area contributed by atoms with Gasteiger partial charge in [-0.05, 0) is 18.2 Å². The monoisotopic (exact) mass is 369 g/mol. The third-order valence-corrected chi connectivity index (χ3v) is 4.29. The Morgan fingerprint density at radius 2 is 1.15 bits per heavy atom. The molecule has 0 fully saturated rings. The first-order valence-corrected chi connectivity index (χ1v) is 6.98. The molecule has 0 aromatic heterocycles. The van der Waals surface area contributed by atoms with Crippen molar-refractivity contribution in [3.8, 4) is 11.1 Å². The fraction of sp³-hybridized carbons (Fsp3) is 0. The molecule has 0 unspecified atom stereocenters. The molecule has 0 saturated heterocycles. The number of rotatable bonds is 2. The van der Waals surface area contributed by atoms with Crippen molar-refractivity contribution in [2.75, 3.05) is 0 Å². The van der Waals surface area contributed by atoms with Crippen LogP contribution in [0.3, 0.4) is 0 Å². The van der Waals surface area contributed by atoms with Crippen LogP contribution in [0.15, 0.2) is 24.3 Å². The largest absolute Gasteiger partial charge is 0.278 e. The molecule has 2 aromatic carbocycles. The SMILES string of the molecule is O=[N+]([O-])c1cc(Cl)c(Cl)cc1-c1cc(Cl)c(Cl)cc1Cl. The third kappa shape index (κ3) is 2.97. The van der Waals surface area contributed by atoms with Gasteiger partial charge < -0.3 is 0 Å². The second-order valence-corrected chi connectivity index (χ2v) is 5.82. The Balaban J connectivity index is 2.78. The number of nitro benzene ring substituents is 1. The predicted molar refractivity (Wildman–Crippen MR) is 83.6 cm³/mol. The first kappa shape index (κ1) is 15.7. The van der Waals surface area contributed by atoms with Crippen LogP contribution < -0.4 is 0 Å². The number of nitrogens with zero attached hydrogens (tertiary/aromatic N) is 1. The Bertz CT molecular complexity index is 717. The molecule has 0 aliphatic carbocycles. The molecular weight excluding hydrogens is 367 g/mol. The van der Waals surface area contributed by atoms with Crippen LogP contribution in [-0.2, 0) is 0 Å². The highest BCUT2D eigenvalue weighted by molar-refractivity contribution is 6.44. The fourth-order valence-corrected chi connectivity index (χ4v) is 2.60. The van der Waals surface area contributed by atoms with E-state index in [4.69, 9.17) is 58.0 Å². The molecule has 0 bridgehead atoms. The molecule has 2 aromatic rings. The van der Waals surface area contributed by atoms with Crippen LogP contribution in [0.25, 0.3) is 11.1 Å². The minimum Gasteiger partial charge on any atom is -0.258 e. The molecule has 20 heavy (non-hydrogen) atoms. The van der Waals surface area contributed by atoms with E-state index in [-0.39, 0.29) is 36.4 Å². The standard InChI is InChI=1S/C12H4Cl5NO2/c13-7-3-10(16)8(14)1-5(7)6-2-9(15)11(17)4-12(6)18(19)20/h1-4H. The summed E-state index contributed by atoms with van der Waals surface area (Å²) in [7, 11) is 0.